The van der Waals surface area contributed by atoms with Crippen molar-refractivity contribution in [2.24, 2.45) is 0 Å². The Hall–Kier alpha value is -1.85. The normalized spacial score (nSPS) is 10.9. The van der Waals surface area contributed by atoms with E-state index in [4.69, 9.17) is 21.4 Å². The molecule has 0 atom stereocenters. The molecule has 3 nitrogen and oxygen atoms in total. The summed E-state index contributed by atoms with van der Waals surface area (Å²) in [5, 5.41) is 8.96. The van der Waals surface area contributed by atoms with Gasteiger partial charge in [0.05, 0.1) is 9.50 Å². The van der Waals surface area contributed by atoms with Gasteiger partial charge >= 0.3 is 5.97 Å². The SMILES string of the molecule is O=C(O)/C=C/c1cc(Cl)c(OCc2ccc(F)cc2)c(Br)c1. The smallest absolute Gasteiger partial charge is 0.328 e. The van der Waals surface area contributed by atoms with Gasteiger partial charge in [0.1, 0.15) is 12.4 Å². The Bertz CT molecular complexity index is 691. The highest BCUT2D eigenvalue weighted by molar-refractivity contribution is 9.10. The van der Waals surface area contributed by atoms with Crippen LogP contribution in [-0.4, -0.2) is 11.1 Å². The average Bonchev–Trinajstić information content (AvgIpc) is 2.46. The first-order valence-electron chi connectivity index (χ1n) is 6.23. The van der Waals surface area contributed by atoms with Crippen LogP contribution in [0.2, 0.25) is 5.02 Å². The van der Waals surface area contributed by atoms with Gasteiger partial charge in [-0.25, -0.2) is 9.18 Å². The van der Waals surface area contributed by atoms with Crippen molar-refractivity contribution in [2.75, 3.05) is 0 Å². The summed E-state index contributed by atoms with van der Waals surface area (Å²) in [4.78, 5) is 10.5. The van der Waals surface area contributed by atoms with Crippen molar-refractivity contribution in [2.45, 2.75) is 6.61 Å². The van der Waals surface area contributed by atoms with E-state index in [0.29, 0.717) is 20.8 Å². The van der Waals surface area contributed by atoms with E-state index in [2.05, 4.69) is 15.9 Å². The van der Waals surface area contributed by atoms with Gasteiger partial charge in [-0.2, -0.15) is 0 Å². The molecule has 0 aliphatic rings. The third-order valence-corrected chi connectivity index (χ3v) is 3.61. The van der Waals surface area contributed by atoms with Crippen LogP contribution in [0.3, 0.4) is 0 Å². The summed E-state index contributed by atoms with van der Waals surface area (Å²) in [6.45, 7) is 0.239. The van der Waals surface area contributed by atoms with Gasteiger partial charge in [-0.05, 0) is 57.4 Å². The summed E-state index contributed by atoms with van der Waals surface area (Å²) in [7, 11) is 0. The molecule has 0 spiro atoms. The Balaban J connectivity index is 2.14. The first kappa shape index (κ1) is 16.5. The number of halogens is 3. The zero-order chi connectivity index (χ0) is 16.1. The predicted molar refractivity (Wildman–Crippen MR) is 86.6 cm³/mol. The van der Waals surface area contributed by atoms with Crippen LogP contribution in [0.4, 0.5) is 4.39 Å². The molecule has 0 bridgehead atoms. The highest BCUT2D eigenvalue weighted by Crippen LogP contribution is 2.35. The molecule has 0 aromatic heterocycles. The molecule has 2 rings (SSSR count). The van der Waals surface area contributed by atoms with Gasteiger partial charge in [-0.1, -0.05) is 23.7 Å². The Morgan fingerprint density at radius 2 is 2.00 bits per heavy atom. The Morgan fingerprint density at radius 1 is 1.32 bits per heavy atom. The van der Waals surface area contributed by atoms with E-state index in [1.54, 1.807) is 24.3 Å². The second kappa shape index (κ2) is 7.42. The van der Waals surface area contributed by atoms with E-state index < -0.39 is 5.97 Å². The Morgan fingerprint density at radius 3 is 2.59 bits per heavy atom. The summed E-state index contributed by atoms with van der Waals surface area (Å²) in [6, 6.07) is 9.27. The van der Waals surface area contributed by atoms with Gasteiger partial charge in [0.15, 0.2) is 5.75 Å². The number of ether oxygens (including phenoxy) is 1. The molecule has 0 amide bonds. The van der Waals surface area contributed by atoms with Gasteiger partial charge in [-0.15, -0.1) is 0 Å². The fourth-order valence-corrected chi connectivity index (χ4v) is 2.71. The number of rotatable bonds is 5. The lowest BCUT2D eigenvalue weighted by Gasteiger charge is -2.11. The topological polar surface area (TPSA) is 46.5 Å². The molecule has 0 aliphatic heterocycles. The molecule has 22 heavy (non-hydrogen) atoms. The van der Waals surface area contributed by atoms with Gasteiger partial charge in [0, 0.05) is 6.08 Å². The fraction of sp³-hybridized carbons (Fsp3) is 0.0625. The molecule has 0 unspecified atom stereocenters. The van der Waals surface area contributed by atoms with E-state index >= 15 is 0 Å². The number of hydrogen-bond acceptors (Lipinski definition) is 2. The van der Waals surface area contributed by atoms with E-state index in [9.17, 15) is 9.18 Å². The van der Waals surface area contributed by atoms with Gasteiger partial charge in [-0.3, -0.25) is 0 Å². The Kier molecular flexibility index (Phi) is 5.57. The first-order chi connectivity index (χ1) is 10.5. The van der Waals surface area contributed by atoms with Gasteiger partial charge in [0.2, 0.25) is 0 Å². The van der Waals surface area contributed by atoms with Crippen LogP contribution in [0.5, 0.6) is 5.75 Å². The number of benzene rings is 2. The van der Waals surface area contributed by atoms with Gasteiger partial charge in [0.25, 0.3) is 0 Å². The maximum absolute atomic E-state index is 12.8. The lowest BCUT2D eigenvalue weighted by molar-refractivity contribution is -0.131. The van der Waals surface area contributed by atoms with Gasteiger partial charge < -0.3 is 9.84 Å². The largest absolute Gasteiger partial charge is 0.486 e. The molecule has 2 aromatic carbocycles. The summed E-state index contributed by atoms with van der Waals surface area (Å²) in [6.07, 6.45) is 2.46. The molecule has 0 radical (unpaired) electrons. The van der Waals surface area contributed by atoms with Crippen molar-refractivity contribution in [3.05, 3.63) is 68.9 Å². The van der Waals surface area contributed by atoms with Crippen molar-refractivity contribution in [3.8, 4) is 5.75 Å². The van der Waals surface area contributed by atoms with Crippen LogP contribution in [0.25, 0.3) is 6.08 Å². The minimum atomic E-state index is -1.04. The number of aliphatic carboxylic acids is 1. The van der Waals surface area contributed by atoms with E-state index in [1.165, 1.54) is 18.2 Å². The molecule has 0 saturated carbocycles. The second-order valence-corrected chi connectivity index (χ2v) is 5.66. The van der Waals surface area contributed by atoms with E-state index in [-0.39, 0.29) is 12.4 Å². The molecule has 0 fully saturated rings. The highest BCUT2D eigenvalue weighted by Gasteiger charge is 2.09. The predicted octanol–water partition coefficient (Wildman–Crippen LogP) is 4.92. The number of carboxylic acids is 1. The van der Waals surface area contributed by atoms with E-state index in [0.717, 1.165) is 11.6 Å². The van der Waals surface area contributed by atoms with Crippen LogP contribution < -0.4 is 4.74 Å². The summed E-state index contributed by atoms with van der Waals surface area (Å²) in [5.74, 6) is -0.903. The maximum Gasteiger partial charge on any atom is 0.328 e. The first-order valence-corrected chi connectivity index (χ1v) is 7.40. The highest BCUT2D eigenvalue weighted by atomic mass is 79.9. The van der Waals surface area contributed by atoms with Crippen LogP contribution in [0, 0.1) is 5.82 Å². The lowest BCUT2D eigenvalue weighted by Crippen LogP contribution is -1.97. The minimum Gasteiger partial charge on any atom is -0.486 e. The molecule has 6 heteroatoms. The summed E-state index contributed by atoms with van der Waals surface area (Å²) in [5.41, 5.74) is 1.44. The summed E-state index contributed by atoms with van der Waals surface area (Å²) >= 11 is 9.48. The number of hydrogen-bond donors (Lipinski definition) is 1. The molecular weight excluding hydrogens is 375 g/mol. The van der Waals surface area contributed by atoms with Crippen molar-refractivity contribution >= 4 is 39.6 Å². The van der Waals surface area contributed by atoms with Crippen molar-refractivity contribution < 1.29 is 19.0 Å². The van der Waals surface area contributed by atoms with Crippen molar-refractivity contribution in [1.82, 2.24) is 0 Å². The monoisotopic (exact) mass is 384 g/mol. The van der Waals surface area contributed by atoms with Crippen LogP contribution in [0.15, 0.2) is 46.9 Å². The van der Waals surface area contributed by atoms with Crippen molar-refractivity contribution in [1.29, 1.82) is 0 Å². The fourth-order valence-electron chi connectivity index (χ4n) is 1.72. The molecule has 2 aromatic rings. The number of carbonyl (C=O) groups is 1. The second-order valence-electron chi connectivity index (χ2n) is 4.40. The third kappa shape index (κ3) is 4.58. The summed E-state index contributed by atoms with van der Waals surface area (Å²) < 4.78 is 19.1. The molecule has 114 valence electrons. The third-order valence-electron chi connectivity index (χ3n) is 2.74. The molecular formula is C16H11BrClFO3. The van der Waals surface area contributed by atoms with Crippen molar-refractivity contribution in [3.63, 3.8) is 0 Å². The zero-order valence-corrected chi connectivity index (χ0v) is 13.6. The average molecular weight is 386 g/mol. The lowest BCUT2D eigenvalue weighted by atomic mass is 10.2. The molecule has 0 heterocycles. The standard InChI is InChI=1S/C16H11BrClFO3/c17-13-7-11(3-6-15(20)21)8-14(18)16(13)22-9-10-1-4-12(19)5-2-10/h1-8H,9H2,(H,20,21)/b6-3+. The quantitative estimate of drug-likeness (QED) is 0.743. The molecule has 1 N–H and O–H groups in total. The van der Waals surface area contributed by atoms with Crippen LogP contribution >= 0.6 is 27.5 Å². The zero-order valence-electron chi connectivity index (χ0n) is 11.2. The number of carboxylic acid groups (broad SMARTS) is 1. The minimum absolute atomic E-state index is 0.239. The van der Waals surface area contributed by atoms with Crippen LogP contribution in [-0.2, 0) is 11.4 Å². The van der Waals surface area contributed by atoms with Crippen LogP contribution in [0.1, 0.15) is 11.1 Å². The molecule has 0 aliphatic carbocycles. The Labute approximate surface area is 140 Å². The maximum atomic E-state index is 12.8. The van der Waals surface area contributed by atoms with E-state index in [1.807, 2.05) is 0 Å². The molecule has 0 saturated heterocycles.